The van der Waals surface area contributed by atoms with Gasteiger partial charge in [0, 0.05) is 18.4 Å². The first kappa shape index (κ1) is 13.4. The van der Waals surface area contributed by atoms with Crippen molar-refractivity contribution < 1.29 is 13.2 Å². The van der Waals surface area contributed by atoms with Crippen molar-refractivity contribution in [3.8, 4) is 0 Å². The molecular formula is C9H19NO3S. The molecule has 1 amide bonds. The fourth-order valence-electron chi connectivity index (χ4n) is 1.19. The fraction of sp³-hybridized carbons (Fsp3) is 0.889. The van der Waals surface area contributed by atoms with Crippen LogP contribution in [0.25, 0.3) is 0 Å². The van der Waals surface area contributed by atoms with Crippen LogP contribution in [-0.4, -0.2) is 26.3 Å². The van der Waals surface area contributed by atoms with Crippen molar-refractivity contribution in [2.45, 2.75) is 38.5 Å². The first-order valence-electron chi connectivity index (χ1n) is 4.88. The summed E-state index contributed by atoms with van der Waals surface area (Å²) in [4.78, 5) is 10.4. The SMILES string of the molecule is CS(=O)(=O)CCCCCCCC(N)=O. The van der Waals surface area contributed by atoms with Crippen LogP contribution in [0, 0.1) is 0 Å². The lowest BCUT2D eigenvalue weighted by molar-refractivity contribution is -0.118. The van der Waals surface area contributed by atoms with E-state index in [1.54, 1.807) is 0 Å². The highest BCUT2D eigenvalue weighted by molar-refractivity contribution is 7.90. The molecule has 0 radical (unpaired) electrons. The second-order valence-electron chi connectivity index (χ2n) is 3.61. The van der Waals surface area contributed by atoms with Gasteiger partial charge < -0.3 is 5.73 Å². The predicted octanol–water partition coefficient (Wildman–Crippen LogP) is 0.857. The summed E-state index contributed by atoms with van der Waals surface area (Å²) in [5, 5.41) is 0. The molecule has 0 bridgehead atoms. The van der Waals surface area contributed by atoms with Gasteiger partial charge in [-0.2, -0.15) is 0 Å². The minimum Gasteiger partial charge on any atom is -0.370 e. The van der Waals surface area contributed by atoms with Crippen molar-refractivity contribution in [3.63, 3.8) is 0 Å². The van der Waals surface area contributed by atoms with Crippen LogP contribution in [0.1, 0.15) is 38.5 Å². The molecular weight excluding hydrogens is 202 g/mol. The van der Waals surface area contributed by atoms with Gasteiger partial charge in [0.15, 0.2) is 0 Å². The summed E-state index contributed by atoms with van der Waals surface area (Å²) in [6.07, 6.45) is 6.05. The largest absolute Gasteiger partial charge is 0.370 e. The smallest absolute Gasteiger partial charge is 0.217 e. The number of carbonyl (C=O) groups is 1. The van der Waals surface area contributed by atoms with E-state index in [1.807, 2.05) is 0 Å². The Morgan fingerprint density at radius 3 is 2.07 bits per heavy atom. The molecule has 0 saturated heterocycles. The standard InChI is InChI=1S/C9H19NO3S/c1-14(12,13)8-6-4-2-3-5-7-9(10)11/h2-8H2,1H3,(H2,10,11). The molecule has 0 aliphatic heterocycles. The van der Waals surface area contributed by atoms with E-state index in [-0.39, 0.29) is 11.7 Å². The summed E-state index contributed by atoms with van der Waals surface area (Å²) in [7, 11) is -2.80. The second-order valence-corrected chi connectivity index (χ2v) is 5.87. The third-order valence-corrected chi connectivity index (χ3v) is 2.97. The summed E-state index contributed by atoms with van der Waals surface area (Å²) in [5.74, 6) is 0.00385. The molecule has 0 aliphatic carbocycles. The lowest BCUT2D eigenvalue weighted by Gasteiger charge is -1.99. The molecule has 2 N–H and O–H groups in total. The molecule has 4 nitrogen and oxygen atoms in total. The Hall–Kier alpha value is -0.580. The van der Waals surface area contributed by atoms with Gasteiger partial charge in [-0.3, -0.25) is 4.79 Å². The highest BCUT2D eigenvalue weighted by Crippen LogP contribution is 2.05. The van der Waals surface area contributed by atoms with Gasteiger partial charge in [0.2, 0.25) is 5.91 Å². The summed E-state index contributed by atoms with van der Waals surface area (Å²) in [5.41, 5.74) is 4.97. The zero-order valence-electron chi connectivity index (χ0n) is 8.66. The van der Waals surface area contributed by atoms with Crippen molar-refractivity contribution in [1.29, 1.82) is 0 Å². The van der Waals surface area contributed by atoms with Gasteiger partial charge in [0.1, 0.15) is 9.84 Å². The number of hydrogen-bond donors (Lipinski definition) is 1. The molecule has 5 heteroatoms. The van der Waals surface area contributed by atoms with E-state index in [4.69, 9.17) is 5.73 Å². The Labute approximate surface area is 85.8 Å². The van der Waals surface area contributed by atoms with Gasteiger partial charge >= 0.3 is 0 Å². The van der Waals surface area contributed by atoms with Crippen molar-refractivity contribution in [2.24, 2.45) is 5.73 Å². The van der Waals surface area contributed by atoms with Crippen LogP contribution < -0.4 is 5.73 Å². The molecule has 0 unspecified atom stereocenters. The maximum atomic E-state index is 10.7. The maximum Gasteiger partial charge on any atom is 0.217 e. The number of nitrogens with two attached hydrogens (primary N) is 1. The third-order valence-electron chi connectivity index (χ3n) is 1.94. The van der Waals surface area contributed by atoms with Gasteiger partial charge in [-0.15, -0.1) is 0 Å². The summed E-state index contributed by atoms with van der Waals surface area (Å²) in [6.45, 7) is 0. The Kier molecular flexibility index (Phi) is 6.53. The summed E-state index contributed by atoms with van der Waals surface area (Å²) >= 11 is 0. The average molecular weight is 221 g/mol. The summed E-state index contributed by atoms with van der Waals surface area (Å²) < 4.78 is 21.5. The van der Waals surface area contributed by atoms with Crippen molar-refractivity contribution in [3.05, 3.63) is 0 Å². The molecule has 0 spiro atoms. The van der Waals surface area contributed by atoms with Crippen molar-refractivity contribution >= 4 is 15.7 Å². The minimum atomic E-state index is -2.80. The first-order chi connectivity index (χ1) is 6.42. The van der Waals surface area contributed by atoms with Gasteiger partial charge in [-0.25, -0.2) is 8.42 Å². The Morgan fingerprint density at radius 1 is 1.07 bits per heavy atom. The van der Waals surface area contributed by atoms with Crippen LogP contribution in [0.4, 0.5) is 0 Å². The van der Waals surface area contributed by atoms with E-state index in [0.29, 0.717) is 6.42 Å². The van der Waals surface area contributed by atoms with Crippen LogP contribution in [0.15, 0.2) is 0 Å². The normalized spacial score (nSPS) is 11.5. The zero-order valence-corrected chi connectivity index (χ0v) is 9.48. The van der Waals surface area contributed by atoms with Crippen LogP contribution in [-0.2, 0) is 14.6 Å². The van der Waals surface area contributed by atoms with E-state index in [9.17, 15) is 13.2 Å². The Bertz CT molecular complexity index is 259. The molecule has 84 valence electrons. The molecule has 0 aromatic heterocycles. The fourth-order valence-corrected chi connectivity index (χ4v) is 1.92. The predicted molar refractivity (Wildman–Crippen MR) is 56.6 cm³/mol. The van der Waals surface area contributed by atoms with Gasteiger partial charge in [-0.05, 0) is 12.8 Å². The van der Waals surface area contributed by atoms with Gasteiger partial charge in [0.25, 0.3) is 0 Å². The molecule has 0 aliphatic rings. The summed E-state index contributed by atoms with van der Waals surface area (Å²) in [6, 6.07) is 0. The lowest BCUT2D eigenvalue weighted by atomic mass is 10.1. The number of rotatable bonds is 8. The van der Waals surface area contributed by atoms with Crippen LogP contribution >= 0.6 is 0 Å². The van der Waals surface area contributed by atoms with Crippen LogP contribution in [0.5, 0.6) is 0 Å². The van der Waals surface area contributed by atoms with E-state index < -0.39 is 9.84 Å². The number of primary amides is 1. The molecule has 0 heterocycles. The minimum absolute atomic E-state index is 0.263. The van der Waals surface area contributed by atoms with Crippen LogP contribution in [0.2, 0.25) is 0 Å². The first-order valence-corrected chi connectivity index (χ1v) is 6.94. The van der Waals surface area contributed by atoms with Crippen LogP contribution in [0.3, 0.4) is 0 Å². The highest BCUT2D eigenvalue weighted by Gasteiger charge is 2.01. The number of hydrogen-bond acceptors (Lipinski definition) is 3. The Balaban J connectivity index is 3.19. The van der Waals surface area contributed by atoms with Crippen molar-refractivity contribution in [2.75, 3.05) is 12.0 Å². The van der Waals surface area contributed by atoms with Crippen molar-refractivity contribution in [1.82, 2.24) is 0 Å². The number of carbonyl (C=O) groups excluding carboxylic acids is 1. The number of sulfone groups is 1. The van der Waals surface area contributed by atoms with E-state index in [2.05, 4.69) is 0 Å². The molecule has 14 heavy (non-hydrogen) atoms. The molecule has 0 saturated carbocycles. The third kappa shape index (κ3) is 11.4. The van der Waals surface area contributed by atoms with E-state index >= 15 is 0 Å². The zero-order chi connectivity index (χ0) is 11.0. The number of amides is 1. The van der Waals surface area contributed by atoms with E-state index in [1.165, 1.54) is 6.26 Å². The molecule has 0 fully saturated rings. The quantitative estimate of drug-likeness (QED) is 0.617. The topological polar surface area (TPSA) is 77.2 Å². The lowest BCUT2D eigenvalue weighted by Crippen LogP contribution is -2.09. The number of unbranched alkanes of at least 4 members (excludes halogenated alkanes) is 4. The molecule has 0 aromatic rings. The molecule has 0 atom stereocenters. The van der Waals surface area contributed by atoms with Gasteiger partial charge in [-0.1, -0.05) is 19.3 Å². The average Bonchev–Trinajstić information content (AvgIpc) is 2.00. The Morgan fingerprint density at radius 2 is 1.57 bits per heavy atom. The second kappa shape index (κ2) is 6.81. The maximum absolute atomic E-state index is 10.7. The molecule has 0 aromatic carbocycles. The molecule has 0 rings (SSSR count). The monoisotopic (exact) mass is 221 g/mol. The highest BCUT2D eigenvalue weighted by atomic mass is 32.2. The van der Waals surface area contributed by atoms with E-state index in [0.717, 1.165) is 32.1 Å². The van der Waals surface area contributed by atoms with Gasteiger partial charge in [0.05, 0.1) is 0 Å².